The quantitative estimate of drug-likeness (QED) is 0.611. The van der Waals surface area contributed by atoms with Gasteiger partial charge >= 0.3 is 0 Å². The predicted octanol–water partition coefficient (Wildman–Crippen LogP) is 3.96. The first-order valence-corrected chi connectivity index (χ1v) is 11.5. The molecule has 0 spiro atoms. The molecule has 0 unspecified atom stereocenters. The van der Waals surface area contributed by atoms with Crippen LogP contribution in [0.15, 0.2) is 63.4 Å². The fourth-order valence-electron chi connectivity index (χ4n) is 3.01. The van der Waals surface area contributed by atoms with E-state index in [1.165, 1.54) is 16.4 Å². The smallest absolute Gasteiger partial charge is 0.291 e. The Kier molecular flexibility index (Phi) is 5.70. The van der Waals surface area contributed by atoms with Crippen molar-refractivity contribution in [2.45, 2.75) is 24.5 Å². The van der Waals surface area contributed by atoms with Crippen LogP contribution < -0.4 is 10.1 Å². The number of benzene rings is 1. The van der Waals surface area contributed by atoms with Crippen LogP contribution in [0.1, 0.15) is 28.3 Å². The zero-order valence-electron chi connectivity index (χ0n) is 15.5. The molecule has 0 radical (unpaired) electrons. The molecule has 152 valence electrons. The molecular weight excluding hydrogens is 412 g/mol. The lowest BCUT2D eigenvalue weighted by Gasteiger charge is -2.12. The average Bonchev–Trinajstić information content (AvgIpc) is 3.50. The van der Waals surface area contributed by atoms with Crippen molar-refractivity contribution in [1.82, 2.24) is 4.31 Å². The SMILES string of the molecule is O=C(Nc1ccc(OCc2cccs2)cc1)c1ccc(S(=O)(=O)N2CCCC2)o1. The summed E-state index contributed by atoms with van der Waals surface area (Å²) in [6.07, 6.45) is 1.67. The Morgan fingerprint density at radius 3 is 2.55 bits per heavy atom. The van der Waals surface area contributed by atoms with Crippen LogP contribution in [0.2, 0.25) is 0 Å². The molecular formula is C20H20N2O5S2. The van der Waals surface area contributed by atoms with Crippen LogP contribution in [0.5, 0.6) is 5.75 Å². The van der Waals surface area contributed by atoms with Gasteiger partial charge in [0.15, 0.2) is 5.76 Å². The van der Waals surface area contributed by atoms with Crippen molar-refractivity contribution in [3.63, 3.8) is 0 Å². The number of thiophene rings is 1. The summed E-state index contributed by atoms with van der Waals surface area (Å²) in [6.45, 7) is 1.45. The van der Waals surface area contributed by atoms with Gasteiger partial charge in [-0.15, -0.1) is 11.3 Å². The second-order valence-electron chi connectivity index (χ2n) is 6.58. The van der Waals surface area contributed by atoms with Gasteiger partial charge in [-0.2, -0.15) is 4.31 Å². The summed E-state index contributed by atoms with van der Waals surface area (Å²) >= 11 is 1.62. The minimum atomic E-state index is -3.68. The van der Waals surface area contributed by atoms with Crippen LogP contribution >= 0.6 is 11.3 Å². The van der Waals surface area contributed by atoms with Crippen molar-refractivity contribution >= 4 is 33.0 Å². The van der Waals surface area contributed by atoms with Gasteiger partial charge in [-0.1, -0.05) is 6.07 Å². The monoisotopic (exact) mass is 432 g/mol. The fraction of sp³-hybridized carbons (Fsp3) is 0.250. The summed E-state index contributed by atoms with van der Waals surface area (Å²) in [6, 6.07) is 13.6. The molecule has 1 fully saturated rings. The van der Waals surface area contributed by atoms with Crippen LogP contribution in [0, 0.1) is 0 Å². The van der Waals surface area contributed by atoms with Crippen molar-refractivity contribution < 1.29 is 22.4 Å². The molecule has 9 heteroatoms. The molecule has 1 N–H and O–H groups in total. The van der Waals surface area contributed by atoms with E-state index in [0.29, 0.717) is 31.1 Å². The molecule has 2 aromatic heterocycles. The zero-order chi connectivity index (χ0) is 20.3. The van der Waals surface area contributed by atoms with Gasteiger partial charge in [0.1, 0.15) is 12.4 Å². The number of ether oxygens (including phenoxy) is 1. The Labute approximate surface area is 173 Å². The van der Waals surface area contributed by atoms with Crippen molar-refractivity contribution in [2.75, 3.05) is 18.4 Å². The van der Waals surface area contributed by atoms with E-state index in [2.05, 4.69) is 5.32 Å². The van der Waals surface area contributed by atoms with Crippen molar-refractivity contribution in [3.8, 4) is 5.75 Å². The Balaban J connectivity index is 1.37. The van der Waals surface area contributed by atoms with E-state index in [1.54, 1.807) is 35.6 Å². The van der Waals surface area contributed by atoms with E-state index in [1.807, 2.05) is 17.5 Å². The number of carbonyl (C=O) groups excluding carboxylic acids is 1. The van der Waals surface area contributed by atoms with Gasteiger partial charge in [0.05, 0.1) is 0 Å². The summed E-state index contributed by atoms with van der Waals surface area (Å²) in [5.41, 5.74) is 0.554. The lowest BCUT2D eigenvalue weighted by molar-refractivity contribution is 0.0991. The van der Waals surface area contributed by atoms with E-state index in [0.717, 1.165) is 17.7 Å². The molecule has 1 aliphatic rings. The number of sulfonamides is 1. The maximum absolute atomic E-state index is 12.5. The Hall–Kier alpha value is -2.62. The van der Waals surface area contributed by atoms with Gasteiger partial charge in [0.2, 0.25) is 5.09 Å². The predicted molar refractivity (Wildman–Crippen MR) is 110 cm³/mol. The van der Waals surface area contributed by atoms with E-state index < -0.39 is 15.9 Å². The third-order valence-corrected chi connectivity index (χ3v) is 7.16. The molecule has 1 saturated heterocycles. The molecule has 29 heavy (non-hydrogen) atoms. The van der Waals surface area contributed by atoms with Gasteiger partial charge in [-0.3, -0.25) is 4.79 Å². The molecule has 3 heterocycles. The van der Waals surface area contributed by atoms with Crippen molar-refractivity contribution in [1.29, 1.82) is 0 Å². The topological polar surface area (TPSA) is 88.8 Å². The molecule has 3 aromatic rings. The maximum Gasteiger partial charge on any atom is 0.291 e. The summed E-state index contributed by atoms with van der Waals surface area (Å²) in [5.74, 6) is 0.120. The van der Waals surface area contributed by atoms with E-state index in [4.69, 9.17) is 9.15 Å². The van der Waals surface area contributed by atoms with E-state index >= 15 is 0 Å². The normalized spacial score (nSPS) is 14.8. The number of hydrogen-bond acceptors (Lipinski definition) is 6. The highest BCUT2D eigenvalue weighted by Gasteiger charge is 2.30. The molecule has 4 rings (SSSR count). The second kappa shape index (κ2) is 8.40. The molecule has 0 bridgehead atoms. The largest absolute Gasteiger partial charge is 0.488 e. The molecule has 1 aliphatic heterocycles. The van der Waals surface area contributed by atoms with Crippen molar-refractivity contribution in [3.05, 3.63) is 64.5 Å². The summed E-state index contributed by atoms with van der Waals surface area (Å²) < 4.78 is 37.4. The average molecular weight is 433 g/mol. The first-order chi connectivity index (χ1) is 14.0. The summed E-state index contributed by atoms with van der Waals surface area (Å²) in [4.78, 5) is 13.5. The minimum Gasteiger partial charge on any atom is -0.488 e. The zero-order valence-corrected chi connectivity index (χ0v) is 17.2. The standard InChI is InChI=1S/C20H20N2O5S2/c23-20(18-9-10-19(27-18)29(24,25)22-11-1-2-12-22)21-15-5-7-16(8-6-15)26-14-17-4-3-13-28-17/h3-10,13H,1-2,11-12,14H2,(H,21,23). The molecule has 1 aromatic carbocycles. The van der Waals surface area contributed by atoms with Crippen LogP contribution in [-0.4, -0.2) is 31.7 Å². The number of hydrogen-bond donors (Lipinski definition) is 1. The van der Waals surface area contributed by atoms with Gasteiger partial charge in [-0.05, 0) is 60.7 Å². The van der Waals surface area contributed by atoms with E-state index in [9.17, 15) is 13.2 Å². The summed E-state index contributed by atoms with van der Waals surface area (Å²) in [7, 11) is -3.68. The Morgan fingerprint density at radius 1 is 1.10 bits per heavy atom. The molecule has 0 atom stereocenters. The number of amides is 1. The third kappa shape index (κ3) is 4.52. The van der Waals surface area contributed by atoms with Crippen LogP contribution in [0.25, 0.3) is 0 Å². The van der Waals surface area contributed by atoms with E-state index in [-0.39, 0.29) is 10.9 Å². The van der Waals surface area contributed by atoms with Crippen molar-refractivity contribution in [2.24, 2.45) is 0 Å². The van der Waals surface area contributed by atoms with Crippen LogP contribution in [0.3, 0.4) is 0 Å². The lowest BCUT2D eigenvalue weighted by Crippen LogP contribution is -2.27. The molecule has 1 amide bonds. The highest BCUT2D eigenvalue weighted by molar-refractivity contribution is 7.89. The minimum absolute atomic E-state index is 0.0548. The van der Waals surface area contributed by atoms with Crippen LogP contribution in [0.4, 0.5) is 5.69 Å². The Morgan fingerprint density at radius 2 is 1.86 bits per heavy atom. The number of nitrogens with one attached hydrogen (secondary N) is 1. The first kappa shape index (κ1) is 19.7. The van der Waals surface area contributed by atoms with Gasteiger partial charge in [0.25, 0.3) is 15.9 Å². The molecule has 0 aliphatic carbocycles. The maximum atomic E-state index is 12.5. The number of furan rings is 1. The fourth-order valence-corrected chi connectivity index (χ4v) is 5.06. The number of nitrogens with zero attached hydrogens (tertiary/aromatic N) is 1. The van der Waals surface area contributed by atoms with Gasteiger partial charge in [-0.25, -0.2) is 8.42 Å². The second-order valence-corrected chi connectivity index (χ2v) is 9.48. The third-order valence-electron chi connectivity index (χ3n) is 4.54. The molecule has 0 saturated carbocycles. The number of anilines is 1. The summed E-state index contributed by atoms with van der Waals surface area (Å²) in [5, 5.41) is 4.48. The van der Waals surface area contributed by atoms with Crippen LogP contribution in [-0.2, 0) is 16.6 Å². The highest BCUT2D eigenvalue weighted by atomic mass is 32.2. The number of carbonyl (C=O) groups is 1. The lowest BCUT2D eigenvalue weighted by atomic mass is 10.3. The Bertz CT molecular complexity index is 1070. The highest BCUT2D eigenvalue weighted by Crippen LogP contribution is 2.24. The molecule has 7 nitrogen and oxygen atoms in total. The first-order valence-electron chi connectivity index (χ1n) is 9.19. The number of rotatable bonds is 7. The van der Waals surface area contributed by atoms with Gasteiger partial charge in [0, 0.05) is 23.7 Å². The van der Waals surface area contributed by atoms with Gasteiger partial charge < -0.3 is 14.5 Å².